The fourth-order valence-corrected chi connectivity index (χ4v) is 4.15. The Labute approximate surface area is 214 Å². The number of aromatic nitrogens is 1. The first kappa shape index (κ1) is 25.8. The third-order valence-corrected chi connectivity index (χ3v) is 5.87. The first-order valence-corrected chi connectivity index (χ1v) is 11.2. The van der Waals surface area contributed by atoms with Crippen LogP contribution in [-0.2, 0) is 11.0 Å². The van der Waals surface area contributed by atoms with Crippen LogP contribution in [0.4, 0.5) is 18.9 Å². The Morgan fingerprint density at radius 3 is 2.27 bits per heavy atom. The quantitative estimate of drug-likeness (QED) is 0.190. The number of nitrogens with zero attached hydrogens (tertiary/aromatic N) is 2. The van der Waals surface area contributed by atoms with Crippen molar-refractivity contribution in [1.82, 2.24) is 4.57 Å². The third kappa shape index (κ3) is 5.31. The number of aliphatic carboxylic acids is 1. The molecule has 0 atom stereocenters. The van der Waals surface area contributed by atoms with Crippen molar-refractivity contribution < 1.29 is 33.3 Å². The van der Waals surface area contributed by atoms with Gasteiger partial charge in [-0.05, 0) is 73.0 Å². The van der Waals surface area contributed by atoms with Crippen LogP contribution in [0, 0.1) is 13.8 Å². The lowest BCUT2D eigenvalue weighted by Gasteiger charge is -2.11. The van der Waals surface area contributed by atoms with E-state index in [0.717, 1.165) is 29.3 Å². The normalized spacial score (nSPS) is 12.5. The Bertz CT molecular complexity index is 1580. The zero-order chi connectivity index (χ0) is 27.1. The van der Waals surface area contributed by atoms with Crippen LogP contribution in [0.15, 0.2) is 64.6 Å². The molecule has 0 saturated carbocycles. The van der Waals surface area contributed by atoms with Crippen molar-refractivity contribution >= 4 is 46.5 Å². The van der Waals surface area contributed by atoms with E-state index in [1.54, 1.807) is 12.1 Å². The summed E-state index contributed by atoms with van der Waals surface area (Å²) in [7, 11) is 0. The van der Waals surface area contributed by atoms with Gasteiger partial charge in [0.25, 0.3) is 0 Å². The summed E-state index contributed by atoms with van der Waals surface area (Å²) < 4.78 is 41.8. The van der Waals surface area contributed by atoms with Crippen LogP contribution in [0.2, 0.25) is 0 Å². The molecule has 0 aliphatic carbocycles. The number of aromatic hydroxyl groups is 2. The number of phenols is 1. The number of fused-ring (bicyclic) bond motifs is 1. The molecule has 37 heavy (non-hydrogen) atoms. The Hall–Kier alpha value is -4.24. The minimum absolute atomic E-state index is 0.0854. The molecule has 3 N–H and O–H groups in total. The van der Waals surface area contributed by atoms with E-state index in [4.69, 9.17) is 16.7 Å². The summed E-state index contributed by atoms with van der Waals surface area (Å²) >= 11 is 5.62. The van der Waals surface area contributed by atoms with Crippen molar-refractivity contribution in [1.29, 1.82) is 0 Å². The Balaban J connectivity index is 1.86. The summed E-state index contributed by atoms with van der Waals surface area (Å²) in [5.74, 6) is -1.94. The molecule has 4 rings (SSSR count). The second-order valence-electron chi connectivity index (χ2n) is 8.45. The Kier molecular flexibility index (Phi) is 6.75. The average molecular weight is 529 g/mol. The van der Waals surface area contributed by atoms with Crippen LogP contribution in [0.3, 0.4) is 0 Å². The first-order chi connectivity index (χ1) is 17.3. The molecule has 0 radical (unpaired) electrons. The standard InChI is InChI=1S/C27H20ClF3N2O4/c1-14-7-15(2)9-18(8-14)33-23-12-17(27(29,30)31)4-5-19(23)20(25(33)35)13-32-22-6-3-16(11-24(22)34)10-21(28)26(36)37/h3-13,34-35H,1-2H3,(H,36,37)/b21-10-,32-13?. The topological polar surface area (TPSA) is 95.0 Å². The Morgan fingerprint density at radius 2 is 1.68 bits per heavy atom. The molecule has 3 aromatic carbocycles. The number of carboxylic acids is 1. The molecule has 0 unspecified atom stereocenters. The molecule has 1 aromatic heterocycles. The number of aliphatic imine (C=N–C) groups is 1. The lowest BCUT2D eigenvalue weighted by atomic mass is 10.1. The summed E-state index contributed by atoms with van der Waals surface area (Å²) in [5, 5.41) is 30.2. The predicted molar refractivity (Wildman–Crippen MR) is 136 cm³/mol. The van der Waals surface area contributed by atoms with E-state index < -0.39 is 22.7 Å². The largest absolute Gasteiger partial charge is 0.506 e. The van der Waals surface area contributed by atoms with Gasteiger partial charge in [-0.25, -0.2) is 4.79 Å². The molecule has 6 nitrogen and oxygen atoms in total. The highest BCUT2D eigenvalue weighted by atomic mass is 35.5. The first-order valence-electron chi connectivity index (χ1n) is 10.9. The maximum Gasteiger partial charge on any atom is 0.416 e. The molecule has 0 fully saturated rings. The molecule has 10 heteroatoms. The van der Waals surface area contributed by atoms with Crippen LogP contribution in [0.5, 0.6) is 11.6 Å². The summed E-state index contributed by atoms with van der Waals surface area (Å²) in [5.41, 5.74) is 2.02. The number of carboxylic acid groups (broad SMARTS) is 1. The number of carbonyl (C=O) groups is 1. The van der Waals surface area contributed by atoms with Gasteiger partial charge >= 0.3 is 12.1 Å². The highest BCUT2D eigenvalue weighted by molar-refractivity contribution is 6.43. The van der Waals surface area contributed by atoms with Crippen LogP contribution >= 0.6 is 11.6 Å². The van der Waals surface area contributed by atoms with Crippen LogP contribution in [-0.4, -0.2) is 32.1 Å². The fourth-order valence-electron chi connectivity index (χ4n) is 4.03. The molecule has 0 amide bonds. The number of phenolic OH excluding ortho intramolecular Hbond substituents is 1. The number of halogens is 4. The average Bonchev–Trinajstić information content (AvgIpc) is 3.07. The van der Waals surface area contributed by atoms with Crippen molar-refractivity contribution in [3.05, 3.63) is 87.4 Å². The van der Waals surface area contributed by atoms with Crippen molar-refractivity contribution in [2.24, 2.45) is 4.99 Å². The number of hydrogen-bond donors (Lipinski definition) is 3. The third-order valence-electron chi connectivity index (χ3n) is 5.60. The van der Waals surface area contributed by atoms with E-state index in [-0.39, 0.29) is 28.4 Å². The molecule has 0 bridgehead atoms. The summed E-state index contributed by atoms with van der Waals surface area (Å²) in [4.78, 5) is 15.1. The zero-order valence-electron chi connectivity index (χ0n) is 19.5. The van der Waals surface area contributed by atoms with Gasteiger partial charge in [0.2, 0.25) is 5.88 Å². The number of benzene rings is 3. The van der Waals surface area contributed by atoms with Crippen LogP contribution in [0.25, 0.3) is 22.7 Å². The molecular weight excluding hydrogens is 509 g/mol. The lowest BCUT2D eigenvalue weighted by Crippen LogP contribution is -2.05. The van der Waals surface area contributed by atoms with Crippen molar-refractivity contribution in [2.75, 3.05) is 0 Å². The van der Waals surface area contributed by atoms with E-state index in [2.05, 4.69) is 4.99 Å². The molecule has 0 saturated heterocycles. The smallest absolute Gasteiger partial charge is 0.416 e. The Morgan fingerprint density at radius 1 is 1.00 bits per heavy atom. The number of hydrogen-bond acceptors (Lipinski definition) is 4. The van der Waals surface area contributed by atoms with Crippen LogP contribution in [0.1, 0.15) is 27.8 Å². The second-order valence-corrected chi connectivity index (χ2v) is 8.86. The van der Waals surface area contributed by atoms with Gasteiger partial charge in [-0.2, -0.15) is 13.2 Å². The predicted octanol–water partition coefficient (Wildman–Crippen LogP) is 7.09. The SMILES string of the molecule is Cc1cc(C)cc(-n2c(O)c(C=Nc3ccc(/C=C(\Cl)C(=O)O)cc3O)c3ccc(C(F)(F)F)cc32)c1. The molecule has 1 heterocycles. The monoisotopic (exact) mass is 528 g/mol. The van der Waals surface area contributed by atoms with Gasteiger partial charge in [-0.1, -0.05) is 29.8 Å². The van der Waals surface area contributed by atoms with E-state index in [0.29, 0.717) is 16.6 Å². The number of rotatable bonds is 5. The van der Waals surface area contributed by atoms with Crippen molar-refractivity contribution in [3.8, 4) is 17.3 Å². The van der Waals surface area contributed by atoms with Gasteiger partial charge in [0, 0.05) is 17.3 Å². The number of alkyl halides is 3. The maximum absolute atomic E-state index is 13.5. The molecule has 0 aliphatic rings. The molecule has 0 spiro atoms. The van der Waals surface area contributed by atoms with Crippen molar-refractivity contribution in [3.63, 3.8) is 0 Å². The van der Waals surface area contributed by atoms with Gasteiger partial charge in [0.1, 0.15) is 16.5 Å². The second kappa shape index (κ2) is 9.67. The molecule has 4 aromatic rings. The minimum atomic E-state index is -4.58. The van der Waals surface area contributed by atoms with Gasteiger partial charge in [-0.15, -0.1) is 0 Å². The zero-order valence-corrected chi connectivity index (χ0v) is 20.3. The van der Waals surface area contributed by atoms with Gasteiger partial charge in [-0.3, -0.25) is 9.56 Å². The summed E-state index contributed by atoms with van der Waals surface area (Å²) in [6, 6.07) is 12.7. The van der Waals surface area contributed by atoms with E-state index in [1.807, 2.05) is 19.9 Å². The highest BCUT2D eigenvalue weighted by Crippen LogP contribution is 2.38. The maximum atomic E-state index is 13.5. The highest BCUT2D eigenvalue weighted by Gasteiger charge is 2.31. The minimum Gasteiger partial charge on any atom is -0.506 e. The van der Waals surface area contributed by atoms with Crippen LogP contribution < -0.4 is 0 Å². The number of aryl methyl sites for hydroxylation is 2. The van der Waals surface area contributed by atoms with E-state index >= 15 is 0 Å². The lowest BCUT2D eigenvalue weighted by molar-refractivity contribution is -0.137. The summed E-state index contributed by atoms with van der Waals surface area (Å²) in [6.07, 6.45) is -2.18. The molecule has 190 valence electrons. The summed E-state index contributed by atoms with van der Waals surface area (Å²) in [6.45, 7) is 3.68. The van der Waals surface area contributed by atoms with E-state index in [9.17, 15) is 28.2 Å². The van der Waals surface area contributed by atoms with Gasteiger partial charge < -0.3 is 15.3 Å². The fraction of sp³-hybridized carbons (Fsp3) is 0.111. The molecular formula is C27H20ClF3N2O4. The van der Waals surface area contributed by atoms with E-state index in [1.165, 1.54) is 35.0 Å². The van der Waals surface area contributed by atoms with Gasteiger partial charge in [0.05, 0.1) is 16.6 Å². The van der Waals surface area contributed by atoms with Crippen molar-refractivity contribution in [2.45, 2.75) is 20.0 Å². The van der Waals surface area contributed by atoms with Gasteiger partial charge in [0.15, 0.2) is 0 Å². The molecule has 0 aliphatic heterocycles.